The van der Waals surface area contributed by atoms with Gasteiger partial charge in [0, 0.05) is 24.3 Å². The number of hydrogen-bond donors (Lipinski definition) is 0. The van der Waals surface area contributed by atoms with Crippen LogP contribution >= 0.6 is 0 Å². The molecule has 0 atom stereocenters. The molecule has 0 saturated carbocycles. The lowest BCUT2D eigenvalue weighted by Crippen LogP contribution is -2.22. The van der Waals surface area contributed by atoms with Crippen LogP contribution in [0.1, 0.15) is 30.6 Å². The molecular formula is C13H17NO. The molecule has 0 spiro atoms. The van der Waals surface area contributed by atoms with Gasteiger partial charge in [-0.25, -0.2) is 0 Å². The third-order valence-electron chi connectivity index (χ3n) is 3.07. The highest BCUT2D eigenvalue weighted by Crippen LogP contribution is 2.32. The Balaban J connectivity index is 2.14. The first-order valence-corrected chi connectivity index (χ1v) is 5.41. The van der Waals surface area contributed by atoms with Gasteiger partial charge in [0.1, 0.15) is 6.29 Å². The highest BCUT2D eigenvalue weighted by molar-refractivity contribution is 5.75. The SMILES string of the molecule is CC1(C)CCN(c2ccc(C=O)cc2)C1. The van der Waals surface area contributed by atoms with Gasteiger partial charge in [-0.05, 0) is 36.1 Å². The van der Waals surface area contributed by atoms with Gasteiger partial charge in [0.05, 0.1) is 0 Å². The van der Waals surface area contributed by atoms with E-state index in [1.165, 1.54) is 12.1 Å². The van der Waals surface area contributed by atoms with Crippen molar-refractivity contribution in [2.24, 2.45) is 5.41 Å². The third-order valence-corrected chi connectivity index (χ3v) is 3.07. The summed E-state index contributed by atoms with van der Waals surface area (Å²) in [5.74, 6) is 0. The van der Waals surface area contributed by atoms with Crippen molar-refractivity contribution in [2.45, 2.75) is 20.3 Å². The minimum atomic E-state index is 0.420. The van der Waals surface area contributed by atoms with Gasteiger partial charge >= 0.3 is 0 Å². The second-order valence-electron chi connectivity index (χ2n) is 5.05. The molecule has 0 unspecified atom stereocenters. The van der Waals surface area contributed by atoms with Crippen molar-refractivity contribution < 1.29 is 4.79 Å². The maximum Gasteiger partial charge on any atom is 0.150 e. The van der Waals surface area contributed by atoms with Gasteiger partial charge in [0.15, 0.2) is 0 Å². The van der Waals surface area contributed by atoms with Crippen LogP contribution in [0.4, 0.5) is 5.69 Å². The highest BCUT2D eigenvalue weighted by atomic mass is 16.1. The fourth-order valence-corrected chi connectivity index (χ4v) is 2.10. The first-order chi connectivity index (χ1) is 7.11. The van der Waals surface area contributed by atoms with Gasteiger partial charge in [-0.3, -0.25) is 4.79 Å². The predicted octanol–water partition coefficient (Wildman–Crippen LogP) is 2.74. The lowest BCUT2D eigenvalue weighted by molar-refractivity contribution is 0.112. The lowest BCUT2D eigenvalue weighted by Gasteiger charge is -2.21. The number of aldehydes is 1. The fraction of sp³-hybridized carbons (Fsp3) is 0.462. The summed E-state index contributed by atoms with van der Waals surface area (Å²) >= 11 is 0. The zero-order valence-electron chi connectivity index (χ0n) is 9.36. The smallest absolute Gasteiger partial charge is 0.150 e. The molecule has 1 aromatic rings. The summed E-state index contributed by atoms with van der Waals surface area (Å²) < 4.78 is 0. The quantitative estimate of drug-likeness (QED) is 0.689. The highest BCUT2D eigenvalue weighted by Gasteiger charge is 2.28. The average molecular weight is 203 g/mol. The van der Waals surface area contributed by atoms with Crippen LogP contribution in [0.2, 0.25) is 0 Å². The first-order valence-electron chi connectivity index (χ1n) is 5.41. The Morgan fingerprint density at radius 3 is 2.40 bits per heavy atom. The largest absolute Gasteiger partial charge is 0.371 e. The summed E-state index contributed by atoms with van der Waals surface area (Å²) in [5, 5.41) is 0. The average Bonchev–Trinajstić information content (AvgIpc) is 2.59. The first kappa shape index (κ1) is 10.2. The molecule has 2 rings (SSSR count). The summed E-state index contributed by atoms with van der Waals surface area (Å²) in [7, 11) is 0. The summed E-state index contributed by atoms with van der Waals surface area (Å²) in [6.45, 7) is 6.82. The van der Waals surface area contributed by atoms with Crippen LogP contribution in [-0.2, 0) is 0 Å². The minimum Gasteiger partial charge on any atom is -0.371 e. The molecule has 80 valence electrons. The molecule has 1 heterocycles. The van der Waals surface area contributed by atoms with Gasteiger partial charge in [-0.1, -0.05) is 13.8 Å². The fourth-order valence-electron chi connectivity index (χ4n) is 2.10. The Bertz CT molecular complexity index is 353. The van der Waals surface area contributed by atoms with Crippen molar-refractivity contribution in [3.8, 4) is 0 Å². The molecule has 1 aromatic carbocycles. The van der Waals surface area contributed by atoms with E-state index in [-0.39, 0.29) is 0 Å². The van der Waals surface area contributed by atoms with E-state index in [1.54, 1.807) is 0 Å². The Labute approximate surface area is 90.9 Å². The molecule has 1 saturated heterocycles. The number of hydrogen-bond acceptors (Lipinski definition) is 2. The van der Waals surface area contributed by atoms with Crippen LogP contribution in [-0.4, -0.2) is 19.4 Å². The molecule has 0 aromatic heterocycles. The Kier molecular flexibility index (Phi) is 2.51. The van der Waals surface area contributed by atoms with E-state index >= 15 is 0 Å². The van der Waals surface area contributed by atoms with Crippen LogP contribution in [0.15, 0.2) is 24.3 Å². The minimum absolute atomic E-state index is 0.420. The van der Waals surface area contributed by atoms with E-state index < -0.39 is 0 Å². The number of benzene rings is 1. The molecule has 2 nitrogen and oxygen atoms in total. The summed E-state index contributed by atoms with van der Waals surface area (Å²) in [5.41, 5.74) is 2.40. The van der Waals surface area contributed by atoms with E-state index in [2.05, 4.69) is 18.7 Å². The predicted molar refractivity (Wildman–Crippen MR) is 62.4 cm³/mol. The third kappa shape index (κ3) is 2.20. The molecule has 2 heteroatoms. The van der Waals surface area contributed by atoms with Crippen molar-refractivity contribution in [3.63, 3.8) is 0 Å². The van der Waals surface area contributed by atoms with Gasteiger partial charge in [0.25, 0.3) is 0 Å². The topological polar surface area (TPSA) is 20.3 Å². The molecule has 0 amide bonds. The van der Waals surface area contributed by atoms with Crippen molar-refractivity contribution in [1.29, 1.82) is 0 Å². The molecule has 1 fully saturated rings. The number of carbonyl (C=O) groups is 1. The monoisotopic (exact) mass is 203 g/mol. The van der Waals surface area contributed by atoms with Crippen molar-refractivity contribution in [3.05, 3.63) is 29.8 Å². The van der Waals surface area contributed by atoms with E-state index in [0.717, 1.165) is 24.9 Å². The Morgan fingerprint density at radius 2 is 1.93 bits per heavy atom. The second kappa shape index (κ2) is 3.69. The molecule has 0 aliphatic carbocycles. The van der Waals surface area contributed by atoms with Crippen molar-refractivity contribution in [1.82, 2.24) is 0 Å². The maximum absolute atomic E-state index is 10.5. The van der Waals surface area contributed by atoms with Gasteiger partial charge in [-0.2, -0.15) is 0 Å². The zero-order valence-corrected chi connectivity index (χ0v) is 9.36. The Morgan fingerprint density at radius 1 is 1.27 bits per heavy atom. The summed E-state index contributed by atoms with van der Waals surface area (Å²) in [6.07, 6.45) is 2.13. The van der Waals surface area contributed by atoms with E-state index in [0.29, 0.717) is 5.41 Å². The standard InChI is InChI=1S/C13H17NO/c1-13(2)7-8-14(10-13)12-5-3-11(9-15)4-6-12/h3-6,9H,7-8,10H2,1-2H3. The lowest BCUT2D eigenvalue weighted by atomic mass is 9.93. The van der Waals surface area contributed by atoms with E-state index in [1.807, 2.05) is 24.3 Å². The molecule has 0 radical (unpaired) electrons. The van der Waals surface area contributed by atoms with Crippen LogP contribution in [0.5, 0.6) is 0 Å². The number of carbonyl (C=O) groups excluding carboxylic acids is 1. The second-order valence-corrected chi connectivity index (χ2v) is 5.05. The van der Waals surface area contributed by atoms with Crippen LogP contribution in [0.3, 0.4) is 0 Å². The van der Waals surface area contributed by atoms with Gasteiger partial charge < -0.3 is 4.90 Å². The zero-order chi connectivity index (χ0) is 10.9. The summed E-state index contributed by atoms with van der Waals surface area (Å²) in [4.78, 5) is 12.9. The molecule has 0 bridgehead atoms. The van der Waals surface area contributed by atoms with Crippen molar-refractivity contribution in [2.75, 3.05) is 18.0 Å². The van der Waals surface area contributed by atoms with Gasteiger partial charge in [-0.15, -0.1) is 0 Å². The number of anilines is 1. The molecular weight excluding hydrogens is 186 g/mol. The maximum atomic E-state index is 10.5. The van der Waals surface area contributed by atoms with Gasteiger partial charge in [0.2, 0.25) is 0 Å². The van der Waals surface area contributed by atoms with Crippen LogP contribution in [0.25, 0.3) is 0 Å². The molecule has 0 N–H and O–H groups in total. The van der Waals surface area contributed by atoms with E-state index in [4.69, 9.17) is 0 Å². The molecule has 1 aliphatic heterocycles. The van der Waals surface area contributed by atoms with Crippen LogP contribution in [0, 0.1) is 5.41 Å². The number of nitrogens with zero attached hydrogens (tertiary/aromatic N) is 1. The van der Waals surface area contributed by atoms with E-state index in [9.17, 15) is 4.79 Å². The number of rotatable bonds is 2. The normalized spacial score (nSPS) is 19.2. The Hall–Kier alpha value is -1.31. The van der Waals surface area contributed by atoms with Crippen molar-refractivity contribution >= 4 is 12.0 Å². The van der Waals surface area contributed by atoms with Crippen LogP contribution < -0.4 is 4.90 Å². The molecule has 1 aliphatic rings. The molecule has 15 heavy (non-hydrogen) atoms. The summed E-state index contributed by atoms with van der Waals surface area (Å²) in [6, 6.07) is 7.83.